The fraction of sp³-hybridized carbons (Fsp3) is 0.769. The van der Waals surface area contributed by atoms with Crippen LogP contribution in [0.5, 0.6) is 0 Å². The molecule has 0 aromatic carbocycles. The zero-order chi connectivity index (χ0) is 16.3. The van der Waals surface area contributed by atoms with Gasteiger partial charge >= 0.3 is 12.1 Å². The van der Waals surface area contributed by atoms with Crippen molar-refractivity contribution in [2.24, 2.45) is 0 Å². The average molecular weight is 319 g/mol. The van der Waals surface area contributed by atoms with Crippen LogP contribution in [0.2, 0.25) is 0 Å². The smallest absolute Gasteiger partial charge is 0.407 e. The zero-order valence-electron chi connectivity index (χ0n) is 13.1. The number of nitrogens with one attached hydrogen (secondary N) is 3. The highest BCUT2D eigenvalue weighted by Crippen LogP contribution is 2.06. The molecule has 0 bridgehead atoms. The SMILES string of the molecule is CCOC(=O)CNC(=S)NCCCNC(=O)OC(C)(C)C. The van der Waals surface area contributed by atoms with Crippen molar-refractivity contribution in [2.45, 2.75) is 39.7 Å². The second kappa shape index (κ2) is 10.2. The molecule has 0 spiro atoms. The zero-order valence-corrected chi connectivity index (χ0v) is 13.9. The van der Waals surface area contributed by atoms with Gasteiger partial charge in [-0.1, -0.05) is 0 Å². The Morgan fingerprint density at radius 3 is 2.29 bits per heavy atom. The lowest BCUT2D eigenvalue weighted by Gasteiger charge is -2.19. The summed E-state index contributed by atoms with van der Waals surface area (Å²) in [6, 6.07) is 0. The van der Waals surface area contributed by atoms with Crippen LogP contribution in [-0.2, 0) is 14.3 Å². The molecular formula is C13H25N3O4S. The van der Waals surface area contributed by atoms with Crippen molar-refractivity contribution in [3.8, 4) is 0 Å². The molecule has 0 heterocycles. The van der Waals surface area contributed by atoms with Crippen molar-refractivity contribution < 1.29 is 19.1 Å². The molecule has 21 heavy (non-hydrogen) atoms. The number of thiocarbonyl (C=S) groups is 1. The van der Waals surface area contributed by atoms with E-state index in [1.807, 2.05) is 20.8 Å². The van der Waals surface area contributed by atoms with Gasteiger partial charge in [0.15, 0.2) is 5.11 Å². The molecule has 7 nitrogen and oxygen atoms in total. The second-order valence-corrected chi connectivity index (χ2v) is 5.60. The van der Waals surface area contributed by atoms with Crippen molar-refractivity contribution in [3.05, 3.63) is 0 Å². The largest absolute Gasteiger partial charge is 0.465 e. The highest BCUT2D eigenvalue weighted by Gasteiger charge is 2.15. The predicted octanol–water partition coefficient (Wildman–Crippen LogP) is 0.928. The highest BCUT2D eigenvalue weighted by atomic mass is 32.1. The van der Waals surface area contributed by atoms with Crippen LogP contribution in [0.3, 0.4) is 0 Å². The summed E-state index contributed by atoms with van der Waals surface area (Å²) in [7, 11) is 0. The van der Waals surface area contributed by atoms with E-state index in [0.29, 0.717) is 31.2 Å². The molecule has 0 aliphatic heterocycles. The van der Waals surface area contributed by atoms with Gasteiger partial charge in [-0.3, -0.25) is 4.79 Å². The Labute approximate surface area is 131 Å². The Bertz CT molecular complexity index is 356. The maximum Gasteiger partial charge on any atom is 0.407 e. The Morgan fingerprint density at radius 2 is 1.71 bits per heavy atom. The Morgan fingerprint density at radius 1 is 1.10 bits per heavy atom. The maximum absolute atomic E-state index is 11.4. The van der Waals surface area contributed by atoms with Gasteiger partial charge < -0.3 is 25.4 Å². The van der Waals surface area contributed by atoms with Crippen molar-refractivity contribution >= 4 is 29.4 Å². The quantitative estimate of drug-likeness (QED) is 0.365. The van der Waals surface area contributed by atoms with E-state index >= 15 is 0 Å². The Kier molecular flexibility index (Phi) is 9.44. The molecule has 0 rings (SSSR count). The van der Waals surface area contributed by atoms with Crippen LogP contribution >= 0.6 is 12.2 Å². The van der Waals surface area contributed by atoms with Crippen LogP contribution in [0.4, 0.5) is 4.79 Å². The van der Waals surface area contributed by atoms with Crippen LogP contribution < -0.4 is 16.0 Å². The van der Waals surface area contributed by atoms with Gasteiger partial charge in [-0.15, -0.1) is 0 Å². The van der Waals surface area contributed by atoms with E-state index in [-0.39, 0.29) is 12.5 Å². The minimum Gasteiger partial charge on any atom is -0.465 e. The minimum atomic E-state index is -0.499. The van der Waals surface area contributed by atoms with Crippen molar-refractivity contribution in [1.29, 1.82) is 0 Å². The number of carbonyl (C=O) groups is 2. The molecule has 0 aromatic heterocycles. The van der Waals surface area contributed by atoms with Gasteiger partial charge in [-0.05, 0) is 46.3 Å². The van der Waals surface area contributed by atoms with Crippen molar-refractivity contribution in [3.63, 3.8) is 0 Å². The third-order valence-electron chi connectivity index (χ3n) is 2.01. The number of carbonyl (C=O) groups excluding carboxylic acids is 2. The lowest BCUT2D eigenvalue weighted by Crippen LogP contribution is -2.40. The van der Waals surface area contributed by atoms with Crippen LogP contribution in [-0.4, -0.2) is 49.0 Å². The molecule has 0 fully saturated rings. The number of alkyl carbamates (subject to hydrolysis) is 1. The Hall–Kier alpha value is -1.57. The molecule has 122 valence electrons. The maximum atomic E-state index is 11.4. The van der Waals surface area contributed by atoms with Gasteiger partial charge in [0, 0.05) is 13.1 Å². The summed E-state index contributed by atoms with van der Waals surface area (Å²) in [5.74, 6) is -0.353. The van der Waals surface area contributed by atoms with Gasteiger partial charge in [0.1, 0.15) is 12.1 Å². The molecule has 3 N–H and O–H groups in total. The van der Waals surface area contributed by atoms with Gasteiger partial charge in [0.25, 0.3) is 0 Å². The monoisotopic (exact) mass is 319 g/mol. The first kappa shape index (κ1) is 19.4. The molecular weight excluding hydrogens is 294 g/mol. The molecule has 0 aliphatic rings. The van der Waals surface area contributed by atoms with E-state index in [1.165, 1.54) is 0 Å². The minimum absolute atomic E-state index is 0.0375. The fourth-order valence-electron chi connectivity index (χ4n) is 1.22. The van der Waals surface area contributed by atoms with E-state index in [2.05, 4.69) is 16.0 Å². The van der Waals surface area contributed by atoms with Gasteiger partial charge in [-0.2, -0.15) is 0 Å². The van der Waals surface area contributed by atoms with Gasteiger partial charge in [0.2, 0.25) is 0 Å². The summed E-state index contributed by atoms with van der Waals surface area (Å²) in [6.45, 7) is 8.59. The van der Waals surface area contributed by atoms with Gasteiger partial charge in [-0.25, -0.2) is 4.79 Å². The number of hydrogen-bond donors (Lipinski definition) is 3. The van der Waals surface area contributed by atoms with Crippen molar-refractivity contribution in [2.75, 3.05) is 26.2 Å². The topological polar surface area (TPSA) is 88.7 Å². The molecule has 0 radical (unpaired) electrons. The molecule has 0 aromatic rings. The first-order chi connectivity index (χ1) is 9.74. The number of esters is 1. The standard InChI is InChI=1S/C13H25N3O4S/c1-5-19-10(17)9-16-11(21)14-7-6-8-15-12(18)20-13(2,3)4/h5-9H2,1-4H3,(H,15,18)(H2,14,16,21). The molecule has 0 aliphatic carbocycles. The Balaban J connectivity index is 3.56. The summed E-state index contributed by atoms with van der Waals surface area (Å²) in [5, 5.41) is 8.67. The van der Waals surface area contributed by atoms with E-state index in [0.717, 1.165) is 0 Å². The normalized spacial score (nSPS) is 10.5. The molecule has 0 saturated heterocycles. The van der Waals surface area contributed by atoms with E-state index in [1.54, 1.807) is 6.92 Å². The summed E-state index contributed by atoms with van der Waals surface area (Å²) >= 11 is 4.99. The highest BCUT2D eigenvalue weighted by molar-refractivity contribution is 7.80. The van der Waals surface area contributed by atoms with E-state index in [9.17, 15) is 9.59 Å². The van der Waals surface area contributed by atoms with Crippen LogP contribution in [0.1, 0.15) is 34.1 Å². The van der Waals surface area contributed by atoms with Crippen LogP contribution in [0, 0.1) is 0 Å². The molecule has 8 heteroatoms. The summed E-state index contributed by atoms with van der Waals surface area (Å²) in [5.41, 5.74) is -0.499. The molecule has 1 amide bonds. The third kappa shape index (κ3) is 13.2. The third-order valence-corrected chi connectivity index (χ3v) is 2.29. The second-order valence-electron chi connectivity index (χ2n) is 5.20. The van der Waals surface area contributed by atoms with Crippen LogP contribution in [0.25, 0.3) is 0 Å². The lowest BCUT2D eigenvalue weighted by molar-refractivity contribution is -0.141. The number of amides is 1. The molecule has 0 unspecified atom stereocenters. The fourth-order valence-corrected chi connectivity index (χ4v) is 1.40. The lowest BCUT2D eigenvalue weighted by atomic mass is 10.2. The van der Waals surface area contributed by atoms with E-state index in [4.69, 9.17) is 21.7 Å². The van der Waals surface area contributed by atoms with E-state index < -0.39 is 11.7 Å². The summed E-state index contributed by atoms with van der Waals surface area (Å²) in [6.07, 6.45) is 0.242. The molecule has 0 saturated carbocycles. The molecule has 0 atom stereocenters. The first-order valence-electron chi connectivity index (χ1n) is 6.88. The van der Waals surface area contributed by atoms with Gasteiger partial charge in [0.05, 0.1) is 6.61 Å². The number of ether oxygens (including phenoxy) is 2. The number of hydrogen-bond acceptors (Lipinski definition) is 5. The number of rotatable bonds is 7. The van der Waals surface area contributed by atoms with Crippen molar-refractivity contribution in [1.82, 2.24) is 16.0 Å². The summed E-state index contributed by atoms with van der Waals surface area (Å²) < 4.78 is 9.84. The first-order valence-corrected chi connectivity index (χ1v) is 7.29. The average Bonchev–Trinajstić information content (AvgIpc) is 2.34. The van der Waals surface area contributed by atoms with Crippen LogP contribution in [0.15, 0.2) is 0 Å². The predicted molar refractivity (Wildman–Crippen MR) is 84.1 cm³/mol. The summed E-state index contributed by atoms with van der Waals surface area (Å²) in [4.78, 5) is 22.4.